The van der Waals surface area contributed by atoms with Crippen molar-refractivity contribution in [3.63, 3.8) is 0 Å². The van der Waals surface area contributed by atoms with Crippen molar-refractivity contribution < 1.29 is 26.2 Å². The van der Waals surface area contributed by atoms with E-state index in [-0.39, 0.29) is 26.2 Å². The van der Waals surface area contributed by atoms with Crippen molar-refractivity contribution in [2.24, 2.45) is 0 Å². The zero-order valence-electron chi connectivity index (χ0n) is 21.5. The smallest absolute Gasteiger partial charge is 0.342 e. The van der Waals surface area contributed by atoms with E-state index < -0.39 is 16.1 Å². The Morgan fingerprint density at radius 1 is 0.517 bits per heavy atom. The van der Waals surface area contributed by atoms with Gasteiger partial charge in [-0.05, 0) is 0 Å². The quantitative estimate of drug-likeness (QED) is 0.247. The molecule has 0 saturated heterocycles. The Morgan fingerprint density at radius 3 is 0.724 bits per heavy atom. The van der Waals surface area contributed by atoms with Crippen LogP contribution in [0.1, 0.15) is 52.7 Å². The van der Waals surface area contributed by atoms with Gasteiger partial charge in [0.1, 0.15) is 0 Å². The predicted octanol–water partition coefficient (Wildman–Crippen LogP) is 8.80. The molecule has 0 bridgehead atoms. The van der Waals surface area contributed by atoms with Crippen LogP contribution in [-0.2, 0) is 37.0 Å². The molecule has 2 aromatic carbocycles. The summed E-state index contributed by atoms with van der Waals surface area (Å²) in [4.78, 5) is 0. The summed E-state index contributed by atoms with van der Waals surface area (Å²) in [5.74, 6) is 0. The molecule has 2 rings (SSSR count). The van der Waals surface area contributed by atoms with Crippen LogP contribution in [-0.4, -0.2) is 16.1 Å². The third-order valence-corrected chi connectivity index (χ3v) is 3.06. The van der Waals surface area contributed by atoms with E-state index in [1.54, 1.807) is 0 Å². The van der Waals surface area contributed by atoms with E-state index in [0.29, 0.717) is 10.8 Å². The summed E-state index contributed by atoms with van der Waals surface area (Å²) in [5, 5.41) is 0. The molecule has 0 atom stereocenters. The number of rotatable bonds is 0. The van der Waals surface area contributed by atoms with Crippen molar-refractivity contribution in [2.45, 2.75) is 91.7 Å². The Hall–Kier alpha value is 0.0169. The fourth-order valence-corrected chi connectivity index (χ4v) is 1.75. The third-order valence-electron chi connectivity index (χ3n) is 3.06. The van der Waals surface area contributed by atoms with Crippen molar-refractivity contribution in [1.29, 1.82) is 0 Å². The van der Waals surface area contributed by atoms with Crippen LogP contribution in [0.4, 0.5) is 0 Å². The Bertz CT molecular complexity index is 513. The first kappa shape index (κ1) is 33.6. The van der Waals surface area contributed by atoms with Crippen LogP contribution >= 0.6 is 0 Å². The average Bonchev–Trinajstić information content (AvgIpc) is 3.08. The second-order valence-electron chi connectivity index (χ2n) is 12.0. The molecule has 0 aliphatic heterocycles. The van der Waals surface area contributed by atoms with Crippen LogP contribution in [0.2, 0.25) is 39.3 Å². The maximum absolute atomic E-state index is 3.91. The van der Waals surface area contributed by atoms with Gasteiger partial charge in [-0.1, -0.05) is 91.7 Å². The Labute approximate surface area is 205 Å². The third kappa shape index (κ3) is 28.0. The molecule has 0 nitrogen and oxygen atoms in total. The summed E-state index contributed by atoms with van der Waals surface area (Å²) in [6.07, 6.45) is 0. The topological polar surface area (TPSA) is 0 Å². The van der Waals surface area contributed by atoms with Crippen molar-refractivity contribution >= 4 is 16.1 Å². The van der Waals surface area contributed by atoms with E-state index in [1.165, 1.54) is 11.1 Å². The van der Waals surface area contributed by atoms with Gasteiger partial charge in [0.25, 0.3) is 0 Å². The minimum atomic E-state index is -0.861. The van der Waals surface area contributed by atoms with Crippen LogP contribution in [0.15, 0.2) is 48.5 Å². The zero-order chi connectivity index (χ0) is 22.8. The molecule has 0 amide bonds. The average molecular weight is 508 g/mol. The van der Waals surface area contributed by atoms with E-state index in [2.05, 4.69) is 142 Å². The molecular weight excluding hydrogens is 460 g/mol. The van der Waals surface area contributed by atoms with E-state index in [1.807, 2.05) is 0 Å². The number of hydrogen-bond donors (Lipinski definition) is 0. The molecule has 0 aliphatic rings. The Balaban J connectivity index is -0.000000321. The number of hydrogen-bond acceptors (Lipinski definition) is 0. The van der Waals surface area contributed by atoms with Crippen LogP contribution in [0.3, 0.4) is 0 Å². The minimum Gasteiger partial charge on any atom is -0.342 e. The van der Waals surface area contributed by atoms with Gasteiger partial charge in [0, 0.05) is 0 Å². The molecule has 3 heteroatoms. The molecule has 0 aliphatic carbocycles. The molecule has 0 aromatic heterocycles. The molecule has 29 heavy (non-hydrogen) atoms. The summed E-state index contributed by atoms with van der Waals surface area (Å²) < 4.78 is 0. The molecule has 0 fully saturated rings. The molecule has 0 radical (unpaired) electrons. The van der Waals surface area contributed by atoms with Crippen LogP contribution < -0.4 is 0 Å². The van der Waals surface area contributed by atoms with Crippen molar-refractivity contribution in [3.8, 4) is 0 Å². The second kappa shape index (κ2) is 14.1. The largest absolute Gasteiger partial charge is 4.00 e. The van der Waals surface area contributed by atoms with E-state index in [4.69, 9.17) is 0 Å². The van der Waals surface area contributed by atoms with Crippen LogP contribution in [0, 0.1) is 13.1 Å². The summed E-state index contributed by atoms with van der Waals surface area (Å²) in [6.45, 7) is 34.5. The normalized spacial score (nSPS) is 11.5. The molecule has 0 spiro atoms. The van der Waals surface area contributed by atoms with Gasteiger partial charge < -0.3 is 13.1 Å². The summed E-state index contributed by atoms with van der Waals surface area (Å²) in [6, 6.07) is 17.0. The summed E-state index contributed by atoms with van der Waals surface area (Å²) >= 11 is 0. The van der Waals surface area contributed by atoms with Crippen LogP contribution in [0.25, 0.3) is 0 Å². The summed E-state index contributed by atoms with van der Waals surface area (Å²) in [7, 11) is -1.72. The Kier molecular flexibility index (Phi) is 16.4. The maximum Gasteiger partial charge on any atom is 4.00 e. The zero-order valence-corrected chi connectivity index (χ0v) is 26.0. The van der Waals surface area contributed by atoms with Gasteiger partial charge in [0.2, 0.25) is 0 Å². The van der Waals surface area contributed by atoms with Crippen molar-refractivity contribution in [1.82, 2.24) is 0 Å². The SMILES string of the molecule is CC(C)(C)[c-]1cccc1.CC(C)(C)[c-]1cccc1.[CH2-][Si](C)(C)C.[CH2-][Si](C)(C)C.[Zr+4]. The van der Waals surface area contributed by atoms with Gasteiger partial charge in [0.05, 0.1) is 0 Å². The summed E-state index contributed by atoms with van der Waals surface area (Å²) in [5.41, 5.74) is 3.48. The molecular formula is C26H48Si2Zr. The monoisotopic (exact) mass is 506 g/mol. The second-order valence-corrected chi connectivity index (χ2v) is 22.2. The molecule has 2 aromatic rings. The first-order valence-electron chi connectivity index (χ1n) is 10.4. The fourth-order valence-electron chi connectivity index (χ4n) is 1.75. The Morgan fingerprint density at radius 2 is 0.655 bits per heavy atom. The van der Waals surface area contributed by atoms with E-state index in [9.17, 15) is 0 Å². The molecule has 0 saturated carbocycles. The molecule has 0 N–H and O–H groups in total. The van der Waals surface area contributed by atoms with Gasteiger partial charge in [-0.3, -0.25) is 0 Å². The van der Waals surface area contributed by atoms with E-state index in [0.717, 1.165) is 0 Å². The van der Waals surface area contributed by atoms with Crippen molar-refractivity contribution in [2.75, 3.05) is 0 Å². The van der Waals surface area contributed by atoms with Crippen molar-refractivity contribution in [3.05, 3.63) is 72.8 Å². The molecule has 0 heterocycles. The standard InChI is InChI=1S/2C9H13.2C4H11Si.Zr/c2*1-9(2,3)8-6-4-5-7-8;2*1-5(2,3)4;/h2*4-7H,1-3H3;2*1H2,2-4H3;/q4*-1;+4. The fraction of sp³-hybridized carbons (Fsp3) is 0.538. The predicted molar refractivity (Wildman–Crippen MR) is 139 cm³/mol. The maximum atomic E-state index is 3.91. The molecule has 0 unspecified atom stereocenters. The van der Waals surface area contributed by atoms with Gasteiger partial charge in [-0.15, -0.1) is 16.1 Å². The van der Waals surface area contributed by atoms with Gasteiger partial charge in [0.15, 0.2) is 0 Å². The first-order chi connectivity index (χ1) is 12.2. The van der Waals surface area contributed by atoms with Gasteiger partial charge in [-0.25, -0.2) is 24.3 Å². The van der Waals surface area contributed by atoms with Gasteiger partial charge in [-0.2, -0.15) is 35.4 Å². The minimum absolute atomic E-state index is 0. The molecule has 164 valence electrons. The first-order valence-corrected chi connectivity index (χ1v) is 17.8. The van der Waals surface area contributed by atoms with E-state index >= 15 is 0 Å². The van der Waals surface area contributed by atoms with Crippen LogP contribution in [0.5, 0.6) is 0 Å². The van der Waals surface area contributed by atoms with Gasteiger partial charge >= 0.3 is 26.2 Å².